The van der Waals surface area contributed by atoms with Gasteiger partial charge in [0, 0.05) is 23.6 Å². The monoisotopic (exact) mass is 341 g/mol. The van der Waals surface area contributed by atoms with E-state index >= 15 is 0 Å². The van der Waals surface area contributed by atoms with Crippen molar-refractivity contribution in [3.05, 3.63) is 73.4 Å². The lowest BCUT2D eigenvalue weighted by molar-refractivity contribution is 0.832. The van der Waals surface area contributed by atoms with E-state index in [9.17, 15) is 0 Å². The van der Waals surface area contributed by atoms with Crippen LogP contribution in [0.4, 0.5) is 11.5 Å². The molecule has 0 saturated heterocycles. The zero-order valence-corrected chi connectivity index (χ0v) is 13.7. The molecule has 5 aromatic rings. The molecule has 0 fully saturated rings. The molecule has 0 aliphatic heterocycles. The van der Waals surface area contributed by atoms with Crippen molar-refractivity contribution in [3.63, 3.8) is 0 Å². The van der Waals surface area contributed by atoms with Crippen molar-refractivity contribution in [2.75, 3.05) is 11.2 Å². The largest absolute Gasteiger partial charge is 0.337 e. The number of fused-ring (bicyclic) bond motifs is 2. The fourth-order valence-electron chi connectivity index (χ4n) is 3.10. The molecular weight excluding hydrogens is 326 g/mol. The highest BCUT2D eigenvalue weighted by atomic mass is 15.5. The SMILES string of the molecule is Nn1cc(-c2cnc3c(Nc4ccc5ccccc5c4)nccn23)cn1. The van der Waals surface area contributed by atoms with Gasteiger partial charge in [0.05, 0.1) is 24.3 Å². The maximum absolute atomic E-state index is 5.66. The number of imidazole rings is 1. The van der Waals surface area contributed by atoms with E-state index in [1.807, 2.05) is 28.8 Å². The minimum atomic E-state index is 0.689. The van der Waals surface area contributed by atoms with Crippen LogP contribution in [0.1, 0.15) is 0 Å². The van der Waals surface area contributed by atoms with Gasteiger partial charge in [0.2, 0.25) is 0 Å². The van der Waals surface area contributed by atoms with Gasteiger partial charge in [0.25, 0.3) is 0 Å². The van der Waals surface area contributed by atoms with E-state index in [0.717, 1.165) is 22.6 Å². The highest BCUT2D eigenvalue weighted by Crippen LogP contribution is 2.26. The average Bonchev–Trinajstić information content (AvgIpc) is 3.28. The van der Waals surface area contributed by atoms with Gasteiger partial charge in [0.15, 0.2) is 11.5 Å². The zero-order chi connectivity index (χ0) is 17.5. The summed E-state index contributed by atoms with van der Waals surface area (Å²) in [6.07, 6.45) is 8.87. The summed E-state index contributed by atoms with van der Waals surface area (Å²) in [4.78, 5) is 10.3. The van der Waals surface area contributed by atoms with Gasteiger partial charge in [-0.15, -0.1) is 0 Å². The maximum atomic E-state index is 5.66. The van der Waals surface area contributed by atoms with Crippen LogP contribution in [0.25, 0.3) is 27.7 Å². The van der Waals surface area contributed by atoms with E-state index in [4.69, 9.17) is 5.84 Å². The molecular formula is C19H15N7. The molecule has 0 bridgehead atoms. The Bertz CT molecular complexity index is 1240. The van der Waals surface area contributed by atoms with Crippen LogP contribution in [0.5, 0.6) is 0 Å². The summed E-state index contributed by atoms with van der Waals surface area (Å²) in [5.41, 5.74) is 3.49. The van der Waals surface area contributed by atoms with Gasteiger partial charge >= 0.3 is 0 Å². The highest BCUT2D eigenvalue weighted by Gasteiger charge is 2.12. The van der Waals surface area contributed by atoms with Crippen LogP contribution in [0, 0.1) is 0 Å². The second-order valence-electron chi connectivity index (χ2n) is 6.01. The van der Waals surface area contributed by atoms with Crippen molar-refractivity contribution in [2.45, 2.75) is 0 Å². The fourth-order valence-corrected chi connectivity index (χ4v) is 3.10. The number of hydrogen-bond donors (Lipinski definition) is 2. The number of nitrogens with one attached hydrogen (secondary N) is 1. The first kappa shape index (κ1) is 14.5. The number of rotatable bonds is 3. The van der Waals surface area contributed by atoms with E-state index in [1.54, 1.807) is 24.8 Å². The van der Waals surface area contributed by atoms with Crippen LogP contribution >= 0.6 is 0 Å². The summed E-state index contributed by atoms with van der Waals surface area (Å²) in [5, 5.41) is 9.76. The second kappa shape index (κ2) is 5.59. The molecule has 2 aromatic carbocycles. The van der Waals surface area contributed by atoms with Crippen molar-refractivity contribution >= 4 is 27.9 Å². The second-order valence-corrected chi connectivity index (χ2v) is 6.01. The molecule has 7 nitrogen and oxygen atoms in total. The highest BCUT2D eigenvalue weighted by molar-refractivity contribution is 5.87. The lowest BCUT2D eigenvalue weighted by atomic mass is 10.1. The van der Waals surface area contributed by atoms with Gasteiger partial charge < -0.3 is 11.2 Å². The fraction of sp³-hybridized carbons (Fsp3) is 0. The van der Waals surface area contributed by atoms with Crippen LogP contribution in [0.15, 0.2) is 73.4 Å². The molecule has 3 N–H and O–H groups in total. The van der Waals surface area contributed by atoms with Gasteiger partial charge in [-0.2, -0.15) is 9.89 Å². The minimum Gasteiger partial charge on any atom is -0.337 e. The van der Waals surface area contributed by atoms with Crippen molar-refractivity contribution in [1.82, 2.24) is 24.3 Å². The molecule has 0 unspecified atom stereocenters. The molecule has 0 spiro atoms. The number of aromatic nitrogens is 5. The molecule has 5 rings (SSSR count). The third kappa shape index (κ3) is 2.34. The van der Waals surface area contributed by atoms with Gasteiger partial charge in [-0.1, -0.05) is 30.3 Å². The lowest BCUT2D eigenvalue weighted by Gasteiger charge is -2.08. The molecule has 0 saturated carbocycles. The van der Waals surface area contributed by atoms with E-state index in [-0.39, 0.29) is 0 Å². The van der Waals surface area contributed by atoms with Crippen LogP contribution in [0.2, 0.25) is 0 Å². The van der Waals surface area contributed by atoms with Crippen LogP contribution in [-0.4, -0.2) is 24.3 Å². The standard InChI is InChI=1S/C19H15N7/c20-26-12-15(10-23-26)17-11-22-19-18(21-7-8-25(17)19)24-16-6-5-13-3-1-2-4-14(13)9-16/h1-12H,20H2,(H,21,24). The molecule has 0 radical (unpaired) electrons. The molecule has 0 aliphatic carbocycles. The van der Waals surface area contributed by atoms with Crippen molar-refractivity contribution in [1.29, 1.82) is 0 Å². The van der Waals surface area contributed by atoms with E-state index < -0.39 is 0 Å². The Morgan fingerprint density at radius 2 is 1.85 bits per heavy atom. The van der Waals surface area contributed by atoms with Crippen LogP contribution in [-0.2, 0) is 0 Å². The summed E-state index contributed by atoms with van der Waals surface area (Å²) in [6, 6.07) is 14.5. The predicted octanol–water partition coefficient (Wildman–Crippen LogP) is 3.20. The first-order valence-corrected chi connectivity index (χ1v) is 8.16. The molecule has 7 heteroatoms. The smallest absolute Gasteiger partial charge is 0.180 e. The molecule has 26 heavy (non-hydrogen) atoms. The first-order valence-electron chi connectivity index (χ1n) is 8.16. The average molecular weight is 341 g/mol. The topological polar surface area (TPSA) is 86.1 Å². The number of anilines is 2. The van der Waals surface area contributed by atoms with Crippen molar-refractivity contribution < 1.29 is 0 Å². The Labute approximate surface area is 148 Å². The third-order valence-corrected chi connectivity index (χ3v) is 4.34. The molecule has 0 amide bonds. The normalized spacial score (nSPS) is 11.2. The van der Waals surface area contributed by atoms with Gasteiger partial charge in [0.1, 0.15) is 0 Å². The zero-order valence-electron chi connectivity index (χ0n) is 13.7. The maximum Gasteiger partial charge on any atom is 0.180 e. The minimum absolute atomic E-state index is 0.689. The molecule has 3 aromatic heterocycles. The lowest BCUT2D eigenvalue weighted by Crippen LogP contribution is -2.07. The van der Waals surface area contributed by atoms with Crippen LogP contribution < -0.4 is 11.2 Å². The Kier molecular flexibility index (Phi) is 3.11. The first-order chi connectivity index (χ1) is 12.8. The Hall–Kier alpha value is -3.87. The quantitative estimate of drug-likeness (QED) is 0.492. The molecule has 0 atom stereocenters. The van der Waals surface area contributed by atoms with Crippen LogP contribution in [0.3, 0.4) is 0 Å². The van der Waals surface area contributed by atoms with E-state index in [1.165, 1.54) is 15.6 Å². The predicted molar refractivity (Wildman–Crippen MR) is 102 cm³/mol. The Morgan fingerprint density at radius 3 is 2.69 bits per heavy atom. The molecule has 3 heterocycles. The summed E-state index contributed by atoms with van der Waals surface area (Å²) in [6.45, 7) is 0. The number of nitrogens with two attached hydrogens (primary N) is 1. The summed E-state index contributed by atoms with van der Waals surface area (Å²) in [5.74, 6) is 6.35. The third-order valence-electron chi connectivity index (χ3n) is 4.34. The molecule has 0 aliphatic rings. The number of nitrogens with zero attached hydrogens (tertiary/aromatic N) is 5. The van der Waals surface area contributed by atoms with E-state index in [2.05, 4.69) is 44.6 Å². The van der Waals surface area contributed by atoms with Crippen molar-refractivity contribution in [2.24, 2.45) is 0 Å². The summed E-state index contributed by atoms with van der Waals surface area (Å²) < 4.78 is 1.97. The van der Waals surface area contributed by atoms with Gasteiger partial charge in [-0.25, -0.2) is 9.97 Å². The van der Waals surface area contributed by atoms with Crippen molar-refractivity contribution in [3.8, 4) is 11.3 Å². The Morgan fingerprint density at radius 1 is 0.962 bits per heavy atom. The summed E-state index contributed by atoms with van der Waals surface area (Å²) >= 11 is 0. The van der Waals surface area contributed by atoms with Gasteiger partial charge in [-0.05, 0) is 22.9 Å². The summed E-state index contributed by atoms with van der Waals surface area (Å²) in [7, 11) is 0. The number of benzene rings is 2. The van der Waals surface area contributed by atoms with Gasteiger partial charge in [-0.3, -0.25) is 4.40 Å². The number of nitrogen functional groups attached to an aromatic ring is 1. The number of hydrogen-bond acceptors (Lipinski definition) is 5. The van der Waals surface area contributed by atoms with E-state index in [0.29, 0.717) is 5.82 Å². The Balaban J connectivity index is 1.57. The molecule has 126 valence electrons.